The van der Waals surface area contributed by atoms with Gasteiger partial charge >= 0.3 is 6.03 Å². The Morgan fingerprint density at radius 3 is 2.79 bits per heavy atom. The Morgan fingerprint density at radius 1 is 1.28 bits per heavy atom. The highest BCUT2D eigenvalue weighted by Crippen LogP contribution is 2.41. The summed E-state index contributed by atoms with van der Waals surface area (Å²) in [6.45, 7) is 0.0362. The van der Waals surface area contributed by atoms with Crippen LogP contribution in [0.4, 0.5) is 4.79 Å². The number of furan rings is 1. The molecule has 29 heavy (non-hydrogen) atoms. The van der Waals surface area contributed by atoms with Crippen LogP contribution in [-0.4, -0.2) is 49.9 Å². The molecule has 1 fully saturated rings. The molecule has 1 aliphatic carbocycles. The van der Waals surface area contributed by atoms with Crippen LogP contribution in [0.15, 0.2) is 47.1 Å². The van der Waals surface area contributed by atoms with E-state index in [1.807, 2.05) is 44.4 Å². The average Bonchev–Trinajstić information content (AvgIpc) is 3.39. The fraction of sp³-hybridized carbons (Fsp3) is 0.381. The number of rotatable bonds is 6. The van der Waals surface area contributed by atoms with Crippen LogP contribution in [0.2, 0.25) is 0 Å². The molecular weight excluding hydrogens is 372 g/mol. The van der Waals surface area contributed by atoms with Crippen LogP contribution in [0.1, 0.15) is 29.3 Å². The highest BCUT2D eigenvalue weighted by molar-refractivity contribution is 6.09. The van der Waals surface area contributed by atoms with Gasteiger partial charge in [0.2, 0.25) is 5.91 Å². The molecule has 0 radical (unpaired) electrons. The molecule has 1 aliphatic heterocycles. The van der Waals surface area contributed by atoms with Gasteiger partial charge in [0.25, 0.3) is 5.91 Å². The van der Waals surface area contributed by atoms with Gasteiger partial charge in [0.05, 0.1) is 26.9 Å². The Bertz CT molecular complexity index is 940. The second-order valence-corrected chi connectivity index (χ2v) is 7.83. The largest absolute Gasteiger partial charge is 0.463 e. The molecule has 2 heterocycles. The molecule has 2 atom stereocenters. The minimum absolute atomic E-state index is 0.0647. The quantitative estimate of drug-likeness (QED) is 0.597. The number of hydrogen-bond donors (Lipinski definition) is 3. The number of nitrogens with one attached hydrogen (secondary N) is 3. The maximum absolute atomic E-state index is 13.1. The van der Waals surface area contributed by atoms with Gasteiger partial charge in [0.15, 0.2) is 11.8 Å². The lowest BCUT2D eigenvalue weighted by Gasteiger charge is -2.22. The SMILES string of the molecule is C[NH+](C)[C@H](CNC(=O)CN1C(=O)N[C@]2(CCc3ccccc32)C1=O)c1ccco1. The van der Waals surface area contributed by atoms with Crippen molar-refractivity contribution in [2.45, 2.75) is 24.4 Å². The summed E-state index contributed by atoms with van der Waals surface area (Å²) in [5.74, 6) is 0.0277. The second-order valence-electron chi connectivity index (χ2n) is 7.83. The van der Waals surface area contributed by atoms with Gasteiger partial charge in [-0.1, -0.05) is 24.3 Å². The molecule has 8 nitrogen and oxygen atoms in total. The first-order chi connectivity index (χ1) is 13.9. The number of quaternary nitrogens is 1. The van der Waals surface area contributed by atoms with Gasteiger partial charge in [-0.2, -0.15) is 0 Å². The number of amides is 4. The van der Waals surface area contributed by atoms with Crippen molar-refractivity contribution >= 4 is 17.8 Å². The van der Waals surface area contributed by atoms with Gasteiger partial charge in [-0.3, -0.25) is 14.5 Å². The fourth-order valence-corrected chi connectivity index (χ4v) is 4.23. The summed E-state index contributed by atoms with van der Waals surface area (Å²) >= 11 is 0. The Balaban J connectivity index is 1.43. The Hall–Kier alpha value is -3.13. The van der Waals surface area contributed by atoms with Gasteiger partial charge in [-0.25, -0.2) is 4.79 Å². The van der Waals surface area contributed by atoms with Crippen LogP contribution in [0.3, 0.4) is 0 Å². The van der Waals surface area contributed by atoms with E-state index in [1.165, 1.54) is 0 Å². The van der Waals surface area contributed by atoms with Crippen molar-refractivity contribution in [3.05, 3.63) is 59.5 Å². The number of aryl methyl sites for hydroxylation is 1. The molecule has 0 saturated carbocycles. The fourth-order valence-electron chi connectivity index (χ4n) is 4.23. The minimum Gasteiger partial charge on any atom is -0.463 e. The lowest BCUT2D eigenvalue weighted by Crippen LogP contribution is -3.07. The van der Waals surface area contributed by atoms with Gasteiger partial charge < -0.3 is 20.0 Å². The van der Waals surface area contributed by atoms with Crippen LogP contribution in [0.5, 0.6) is 0 Å². The van der Waals surface area contributed by atoms with Gasteiger partial charge in [-0.15, -0.1) is 0 Å². The molecule has 1 aromatic carbocycles. The summed E-state index contributed by atoms with van der Waals surface area (Å²) in [4.78, 5) is 40.3. The van der Waals surface area contributed by atoms with E-state index in [1.54, 1.807) is 12.3 Å². The number of carbonyl (C=O) groups is 3. The zero-order valence-electron chi connectivity index (χ0n) is 16.5. The number of fused-ring (bicyclic) bond motifs is 2. The number of hydrogen-bond acceptors (Lipinski definition) is 4. The number of nitrogens with zero attached hydrogens (tertiary/aromatic N) is 1. The smallest absolute Gasteiger partial charge is 0.325 e. The molecule has 8 heteroatoms. The lowest BCUT2D eigenvalue weighted by molar-refractivity contribution is -0.891. The van der Waals surface area contributed by atoms with Crippen molar-refractivity contribution < 1.29 is 23.7 Å². The van der Waals surface area contributed by atoms with Crippen molar-refractivity contribution in [2.75, 3.05) is 27.2 Å². The molecule has 2 aliphatic rings. The molecule has 0 bridgehead atoms. The van der Waals surface area contributed by atoms with Crippen LogP contribution >= 0.6 is 0 Å². The van der Waals surface area contributed by atoms with E-state index in [-0.39, 0.29) is 24.4 Å². The number of urea groups is 1. The van der Waals surface area contributed by atoms with Crippen molar-refractivity contribution in [2.24, 2.45) is 0 Å². The molecule has 1 aromatic heterocycles. The molecule has 2 aromatic rings. The third-order valence-electron chi connectivity index (χ3n) is 5.81. The maximum Gasteiger partial charge on any atom is 0.325 e. The number of likely N-dealkylation sites (N-methyl/N-ethyl adjacent to an activating group) is 1. The Kier molecular flexibility index (Phi) is 4.87. The third-order valence-corrected chi connectivity index (χ3v) is 5.81. The zero-order chi connectivity index (χ0) is 20.6. The summed E-state index contributed by atoms with van der Waals surface area (Å²) in [6.07, 6.45) is 2.83. The summed E-state index contributed by atoms with van der Waals surface area (Å²) in [5, 5.41) is 5.66. The molecule has 0 unspecified atom stereocenters. The second kappa shape index (κ2) is 7.36. The van der Waals surface area contributed by atoms with Crippen LogP contribution < -0.4 is 15.5 Å². The standard InChI is InChI=1S/C21H24N4O4/c1-24(2)16(17-8-5-11-29-17)12-22-18(26)13-25-19(27)21(23-20(25)28)10-9-14-6-3-4-7-15(14)21/h3-8,11,16H,9-10,12-13H2,1-2H3,(H,22,26)(H,23,28)/p+1/t16-,21+/m1/s1. The highest BCUT2D eigenvalue weighted by atomic mass is 16.3. The predicted molar refractivity (Wildman–Crippen MR) is 104 cm³/mol. The lowest BCUT2D eigenvalue weighted by atomic mass is 9.92. The summed E-state index contributed by atoms with van der Waals surface area (Å²) in [6, 6.07) is 10.7. The van der Waals surface area contributed by atoms with Crippen LogP contribution in [0.25, 0.3) is 0 Å². The van der Waals surface area contributed by atoms with E-state index in [9.17, 15) is 14.4 Å². The van der Waals surface area contributed by atoms with Crippen LogP contribution in [-0.2, 0) is 21.5 Å². The normalized spacial score (nSPS) is 21.6. The molecular formula is C21H25N4O4+. The van der Waals surface area contributed by atoms with Gasteiger partial charge in [-0.05, 0) is 36.1 Å². The monoisotopic (exact) mass is 397 g/mol. The summed E-state index contributed by atoms with van der Waals surface area (Å²) < 4.78 is 5.45. The van der Waals surface area contributed by atoms with E-state index >= 15 is 0 Å². The first-order valence-corrected chi connectivity index (χ1v) is 9.75. The van der Waals surface area contributed by atoms with Gasteiger partial charge in [0.1, 0.15) is 12.1 Å². The van der Waals surface area contributed by atoms with E-state index in [0.717, 1.165) is 33.1 Å². The van der Waals surface area contributed by atoms with E-state index in [2.05, 4.69) is 10.6 Å². The molecule has 4 rings (SSSR count). The van der Waals surface area contributed by atoms with Crippen molar-refractivity contribution in [1.82, 2.24) is 15.5 Å². The first-order valence-electron chi connectivity index (χ1n) is 9.75. The summed E-state index contributed by atoms with van der Waals surface area (Å²) in [7, 11) is 3.94. The molecule has 4 amide bonds. The van der Waals surface area contributed by atoms with E-state index in [4.69, 9.17) is 4.42 Å². The minimum atomic E-state index is -1.04. The topological polar surface area (TPSA) is 96.1 Å². The maximum atomic E-state index is 13.1. The van der Waals surface area contributed by atoms with Gasteiger partial charge in [0, 0.05) is 0 Å². The van der Waals surface area contributed by atoms with E-state index < -0.39 is 11.6 Å². The number of imide groups is 1. The van der Waals surface area contributed by atoms with E-state index in [0.29, 0.717) is 13.0 Å². The molecule has 152 valence electrons. The number of benzene rings is 1. The zero-order valence-corrected chi connectivity index (χ0v) is 16.5. The Labute approximate surface area is 168 Å². The predicted octanol–water partition coefficient (Wildman–Crippen LogP) is -0.0251. The van der Waals surface area contributed by atoms with Crippen molar-refractivity contribution in [3.63, 3.8) is 0 Å². The average molecular weight is 397 g/mol. The highest BCUT2D eigenvalue weighted by Gasteiger charge is 2.55. The third kappa shape index (κ3) is 3.29. The number of carbonyl (C=O) groups excluding carboxylic acids is 3. The molecule has 3 N–H and O–H groups in total. The molecule has 1 spiro atoms. The first kappa shape index (κ1) is 19.2. The van der Waals surface area contributed by atoms with Crippen molar-refractivity contribution in [3.8, 4) is 0 Å². The molecule has 1 saturated heterocycles. The summed E-state index contributed by atoms with van der Waals surface area (Å²) in [5.41, 5.74) is 0.844. The van der Waals surface area contributed by atoms with Crippen LogP contribution in [0, 0.1) is 0 Å². The Morgan fingerprint density at radius 2 is 2.07 bits per heavy atom. The van der Waals surface area contributed by atoms with Crippen molar-refractivity contribution in [1.29, 1.82) is 0 Å².